The van der Waals surface area contributed by atoms with E-state index < -0.39 is 0 Å². The van der Waals surface area contributed by atoms with Crippen molar-refractivity contribution in [2.75, 3.05) is 18.4 Å². The second kappa shape index (κ2) is 7.41. The molecule has 0 aliphatic carbocycles. The van der Waals surface area contributed by atoms with E-state index in [1.165, 1.54) is 31.5 Å². The van der Waals surface area contributed by atoms with E-state index in [0.29, 0.717) is 6.42 Å². The summed E-state index contributed by atoms with van der Waals surface area (Å²) in [6, 6.07) is 8.21. The third-order valence-electron chi connectivity index (χ3n) is 3.64. The highest BCUT2D eigenvalue weighted by atomic mass is 16.1. The minimum atomic E-state index is 0.0422. The predicted molar refractivity (Wildman–Crippen MR) is 82.5 cm³/mol. The number of likely N-dealkylation sites (tertiary alicyclic amines) is 1. The molecule has 1 fully saturated rings. The molecule has 0 spiro atoms. The molecule has 1 heterocycles. The first-order valence-electron chi connectivity index (χ1n) is 7.50. The first-order chi connectivity index (χ1) is 9.63. The summed E-state index contributed by atoms with van der Waals surface area (Å²) in [6.07, 6.45) is 3.80. The molecule has 0 saturated carbocycles. The van der Waals surface area contributed by atoms with Crippen LogP contribution in [0.5, 0.6) is 0 Å². The quantitative estimate of drug-likeness (QED) is 0.838. The van der Waals surface area contributed by atoms with Gasteiger partial charge in [0, 0.05) is 24.7 Å². The number of anilines is 1. The van der Waals surface area contributed by atoms with Crippen LogP contribution in [-0.4, -0.2) is 29.9 Å². The van der Waals surface area contributed by atoms with Gasteiger partial charge >= 0.3 is 0 Å². The molecular weight excluding hydrogens is 250 g/mol. The Kier molecular flexibility index (Phi) is 5.56. The van der Waals surface area contributed by atoms with Crippen LogP contribution in [0.1, 0.15) is 38.2 Å². The predicted octanol–water partition coefficient (Wildman–Crippen LogP) is 2.35. The van der Waals surface area contributed by atoms with Gasteiger partial charge in [0.05, 0.1) is 0 Å². The zero-order chi connectivity index (χ0) is 14.4. The van der Waals surface area contributed by atoms with Crippen molar-refractivity contribution in [2.24, 2.45) is 5.73 Å². The lowest BCUT2D eigenvalue weighted by molar-refractivity contribution is -0.116. The number of benzene rings is 1. The maximum absolute atomic E-state index is 11.8. The minimum absolute atomic E-state index is 0.0422. The van der Waals surface area contributed by atoms with E-state index in [0.717, 1.165) is 18.7 Å². The third kappa shape index (κ3) is 4.94. The number of nitrogens with one attached hydrogen (secondary N) is 1. The Morgan fingerprint density at radius 2 is 2.15 bits per heavy atom. The maximum Gasteiger partial charge on any atom is 0.224 e. The van der Waals surface area contributed by atoms with E-state index in [-0.39, 0.29) is 11.9 Å². The van der Waals surface area contributed by atoms with E-state index in [2.05, 4.69) is 22.3 Å². The Hall–Kier alpha value is -1.39. The highest BCUT2D eigenvalue weighted by molar-refractivity contribution is 5.90. The van der Waals surface area contributed by atoms with E-state index in [1.807, 2.05) is 19.1 Å². The lowest BCUT2D eigenvalue weighted by Gasteiger charge is -2.15. The summed E-state index contributed by atoms with van der Waals surface area (Å²) in [6.45, 7) is 5.27. The third-order valence-corrected chi connectivity index (χ3v) is 3.64. The average Bonchev–Trinajstić information content (AvgIpc) is 2.89. The monoisotopic (exact) mass is 275 g/mol. The van der Waals surface area contributed by atoms with Crippen LogP contribution in [0.15, 0.2) is 24.3 Å². The van der Waals surface area contributed by atoms with Gasteiger partial charge in [-0.1, -0.05) is 12.1 Å². The maximum atomic E-state index is 11.8. The molecule has 1 aliphatic rings. The van der Waals surface area contributed by atoms with Crippen LogP contribution in [0.4, 0.5) is 5.69 Å². The van der Waals surface area contributed by atoms with Crippen LogP contribution in [-0.2, 0) is 11.3 Å². The average molecular weight is 275 g/mol. The SMILES string of the molecule is CC(N)CCC(=O)Nc1cccc(CN2CCCC2)c1. The van der Waals surface area contributed by atoms with Gasteiger partial charge in [-0.25, -0.2) is 0 Å². The van der Waals surface area contributed by atoms with Gasteiger partial charge in [0.1, 0.15) is 0 Å². The van der Waals surface area contributed by atoms with Crippen molar-refractivity contribution in [1.82, 2.24) is 4.90 Å². The number of hydrogen-bond donors (Lipinski definition) is 2. The van der Waals surface area contributed by atoms with Gasteiger partial charge in [0.25, 0.3) is 0 Å². The molecular formula is C16H25N3O. The molecule has 1 saturated heterocycles. The van der Waals surface area contributed by atoms with Crippen LogP contribution in [0, 0.1) is 0 Å². The molecule has 1 aliphatic heterocycles. The van der Waals surface area contributed by atoms with E-state index in [1.54, 1.807) is 0 Å². The number of carbonyl (C=O) groups excluding carboxylic acids is 1. The number of rotatable bonds is 6. The highest BCUT2D eigenvalue weighted by Gasteiger charge is 2.12. The fourth-order valence-electron chi connectivity index (χ4n) is 2.53. The van der Waals surface area contributed by atoms with Crippen molar-refractivity contribution >= 4 is 11.6 Å². The minimum Gasteiger partial charge on any atom is -0.328 e. The van der Waals surface area contributed by atoms with Crippen LogP contribution in [0.3, 0.4) is 0 Å². The summed E-state index contributed by atoms with van der Waals surface area (Å²) in [5, 5.41) is 2.95. The van der Waals surface area contributed by atoms with Crippen LogP contribution < -0.4 is 11.1 Å². The van der Waals surface area contributed by atoms with Gasteiger partial charge in [-0.3, -0.25) is 9.69 Å². The van der Waals surface area contributed by atoms with Crippen LogP contribution >= 0.6 is 0 Å². The number of nitrogens with two attached hydrogens (primary N) is 1. The largest absolute Gasteiger partial charge is 0.328 e. The van der Waals surface area contributed by atoms with Crippen LogP contribution in [0.25, 0.3) is 0 Å². The van der Waals surface area contributed by atoms with Crippen molar-refractivity contribution in [3.05, 3.63) is 29.8 Å². The molecule has 4 nitrogen and oxygen atoms in total. The van der Waals surface area contributed by atoms with Crippen molar-refractivity contribution in [3.63, 3.8) is 0 Å². The van der Waals surface area contributed by atoms with Crippen molar-refractivity contribution in [3.8, 4) is 0 Å². The molecule has 0 radical (unpaired) electrons. The topological polar surface area (TPSA) is 58.4 Å². The molecule has 110 valence electrons. The molecule has 0 bridgehead atoms. The second-order valence-electron chi connectivity index (χ2n) is 5.75. The molecule has 0 aromatic heterocycles. The molecule has 2 rings (SSSR count). The van der Waals surface area contributed by atoms with E-state index in [4.69, 9.17) is 5.73 Å². The van der Waals surface area contributed by atoms with E-state index in [9.17, 15) is 4.79 Å². The zero-order valence-corrected chi connectivity index (χ0v) is 12.3. The smallest absolute Gasteiger partial charge is 0.224 e. The molecule has 4 heteroatoms. The first kappa shape index (κ1) is 15.0. The van der Waals surface area contributed by atoms with Gasteiger partial charge in [-0.05, 0) is 57.0 Å². The Balaban J connectivity index is 1.86. The second-order valence-corrected chi connectivity index (χ2v) is 5.75. The van der Waals surface area contributed by atoms with Gasteiger partial charge in [0.2, 0.25) is 5.91 Å². The number of amides is 1. The molecule has 1 unspecified atom stereocenters. The van der Waals surface area contributed by atoms with Gasteiger partial charge in [0.15, 0.2) is 0 Å². The number of nitrogens with zero attached hydrogens (tertiary/aromatic N) is 1. The molecule has 20 heavy (non-hydrogen) atoms. The van der Waals surface area contributed by atoms with Gasteiger partial charge < -0.3 is 11.1 Å². The van der Waals surface area contributed by atoms with E-state index >= 15 is 0 Å². The molecule has 1 atom stereocenters. The number of hydrogen-bond acceptors (Lipinski definition) is 3. The fourth-order valence-corrected chi connectivity index (χ4v) is 2.53. The Bertz CT molecular complexity index is 439. The normalized spacial score (nSPS) is 17.1. The van der Waals surface area contributed by atoms with Crippen molar-refractivity contribution in [1.29, 1.82) is 0 Å². The Morgan fingerprint density at radius 1 is 1.40 bits per heavy atom. The standard InChI is InChI=1S/C16H25N3O/c1-13(17)7-8-16(20)18-15-6-4-5-14(11-15)12-19-9-2-3-10-19/h4-6,11,13H,2-3,7-10,12,17H2,1H3,(H,18,20). The Labute approximate surface area is 121 Å². The summed E-state index contributed by atoms with van der Waals surface area (Å²) in [7, 11) is 0. The molecule has 3 N–H and O–H groups in total. The lowest BCUT2D eigenvalue weighted by Crippen LogP contribution is -2.20. The Morgan fingerprint density at radius 3 is 2.85 bits per heavy atom. The lowest BCUT2D eigenvalue weighted by atomic mass is 10.1. The first-order valence-corrected chi connectivity index (χ1v) is 7.50. The van der Waals surface area contributed by atoms with Crippen molar-refractivity contribution in [2.45, 2.75) is 45.2 Å². The molecule has 1 aromatic rings. The van der Waals surface area contributed by atoms with Crippen molar-refractivity contribution < 1.29 is 4.79 Å². The van der Waals surface area contributed by atoms with Crippen LogP contribution in [0.2, 0.25) is 0 Å². The molecule has 1 amide bonds. The summed E-state index contributed by atoms with van der Waals surface area (Å²) < 4.78 is 0. The molecule has 1 aromatic carbocycles. The summed E-state index contributed by atoms with van der Waals surface area (Å²) in [4.78, 5) is 14.3. The van der Waals surface area contributed by atoms with Gasteiger partial charge in [-0.2, -0.15) is 0 Å². The summed E-state index contributed by atoms with van der Waals surface area (Å²) in [5.74, 6) is 0.0422. The van der Waals surface area contributed by atoms with Gasteiger partial charge in [-0.15, -0.1) is 0 Å². The number of carbonyl (C=O) groups is 1. The zero-order valence-electron chi connectivity index (χ0n) is 12.3. The summed E-state index contributed by atoms with van der Waals surface area (Å²) in [5.41, 5.74) is 7.81. The highest BCUT2D eigenvalue weighted by Crippen LogP contribution is 2.16. The fraction of sp³-hybridized carbons (Fsp3) is 0.562. The summed E-state index contributed by atoms with van der Waals surface area (Å²) >= 11 is 0.